The van der Waals surface area contributed by atoms with Crippen molar-refractivity contribution in [1.29, 1.82) is 0 Å². The van der Waals surface area contributed by atoms with Gasteiger partial charge >= 0.3 is 0 Å². The van der Waals surface area contributed by atoms with Crippen molar-refractivity contribution in [3.63, 3.8) is 0 Å². The lowest BCUT2D eigenvalue weighted by Crippen LogP contribution is -2.19. The normalized spacial score (nSPS) is 25.8. The predicted molar refractivity (Wildman–Crippen MR) is 58.4 cm³/mol. The molecule has 82 valence electrons. The SMILES string of the molecule is Cc1cc(C=O)c(C)n1C1CCOC1C. The Kier molecular flexibility index (Phi) is 2.65. The highest BCUT2D eigenvalue weighted by Gasteiger charge is 2.28. The van der Waals surface area contributed by atoms with E-state index in [0.717, 1.165) is 36.3 Å². The molecular formula is C12H17NO2. The van der Waals surface area contributed by atoms with E-state index < -0.39 is 0 Å². The zero-order valence-corrected chi connectivity index (χ0v) is 9.49. The Hall–Kier alpha value is -1.09. The summed E-state index contributed by atoms with van der Waals surface area (Å²) in [7, 11) is 0. The largest absolute Gasteiger partial charge is 0.376 e. The molecule has 0 saturated carbocycles. The molecule has 2 heterocycles. The van der Waals surface area contributed by atoms with Crippen LogP contribution in [0, 0.1) is 13.8 Å². The van der Waals surface area contributed by atoms with E-state index in [2.05, 4.69) is 11.5 Å². The number of carbonyl (C=O) groups excluding carboxylic acids is 1. The summed E-state index contributed by atoms with van der Waals surface area (Å²) in [5.41, 5.74) is 3.01. The van der Waals surface area contributed by atoms with E-state index in [1.54, 1.807) is 0 Å². The topological polar surface area (TPSA) is 31.2 Å². The van der Waals surface area contributed by atoms with Gasteiger partial charge in [0.1, 0.15) is 0 Å². The van der Waals surface area contributed by atoms with Gasteiger partial charge < -0.3 is 9.30 Å². The molecule has 3 nitrogen and oxygen atoms in total. The van der Waals surface area contributed by atoms with Crippen molar-refractivity contribution < 1.29 is 9.53 Å². The second-order valence-electron chi connectivity index (χ2n) is 4.25. The maximum Gasteiger partial charge on any atom is 0.151 e. The Morgan fingerprint density at radius 1 is 1.53 bits per heavy atom. The molecule has 1 aliphatic heterocycles. The molecule has 0 radical (unpaired) electrons. The molecule has 0 aromatic carbocycles. The van der Waals surface area contributed by atoms with Crippen molar-refractivity contribution in [2.24, 2.45) is 0 Å². The van der Waals surface area contributed by atoms with Crippen LogP contribution in [0.5, 0.6) is 0 Å². The van der Waals surface area contributed by atoms with Crippen molar-refractivity contribution >= 4 is 6.29 Å². The van der Waals surface area contributed by atoms with E-state index in [0.29, 0.717) is 6.04 Å². The van der Waals surface area contributed by atoms with Crippen LogP contribution in [0.4, 0.5) is 0 Å². The Balaban J connectivity index is 2.42. The summed E-state index contributed by atoms with van der Waals surface area (Å²) >= 11 is 0. The van der Waals surface area contributed by atoms with Crippen LogP contribution in [0.25, 0.3) is 0 Å². The average Bonchev–Trinajstić information content (AvgIpc) is 2.71. The molecule has 1 aromatic heterocycles. The molecule has 1 aliphatic rings. The molecule has 0 bridgehead atoms. The number of aldehydes is 1. The monoisotopic (exact) mass is 207 g/mol. The molecular weight excluding hydrogens is 190 g/mol. The molecule has 1 fully saturated rings. The van der Waals surface area contributed by atoms with E-state index in [9.17, 15) is 4.79 Å². The van der Waals surface area contributed by atoms with Gasteiger partial charge in [0.05, 0.1) is 12.1 Å². The van der Waals surface area contributed by atoms with Gasteiger partial charge in [-0.25, -0.2) is 0 Å². The molecule has 15 heavy (non-hydrogen) atoms. The van der Waals surface area contributed by atoms with Gasteiger partial charge in [-0.05, 0) is 33.3 Å². The number of hydrogen-bond acceptors (Lipinski definition) is 2. The summed E-state index contributed by atoms with van der Waals surface area (Å²) in [6.45, 7) is 6.96. The molecule has 2 rings (SSSR count). The summed E-state index contributed by atoms with van der Waals surface area (Å²) in [4.78, 5) is 10.8. The van der Waals surface area contributed by atoms with E-state index >= 15 is 0 Å². The first kappa shape index (κ1) is 10.4. The maximum absolute atomic E-state index is 10.8. The summed E-state index contributed by atoms with van der Waals surface area (Å²) in [5.74, 6) is 0. The number of aryl methyl sites for hydroxylation is 1. The van der Waals surface area contributed by atoms with Crippen molar-refractivity contribution in [3.05, 3.63) is 23.0 Å². The van der Waals surface area contributed by atoms with Crippen molar-refractivity contribution in [1.82, 2.24) is 4.57 Å². The van der Waals surface area contributed by atoms with Gasteiger partial charge in [-0.15, -0.1) is 0 Å². The molecule has 2 unspecified atom stereocenters. The minimum atomic E-state index is 0.245. The lowest BCUT2D eigenvalue weighted by Gasteiger charge is -2.20. The molecule has 1 saturated heterocycles. The molecule has 3 heteroatoms. The van der Waals surface area contributed by atoms with Crippen LogP contribution in [-0.2, 0) is 4.74 Å². The average molecular weight is 207 g/mol. The van der Waals surface area contributed by atoms with E-state index in [1.165, 1.54) is 0 Å². The quantitative estimate of drug-likeness (QED) is 0.696. The van der Waals surface area contributed by atoms with Gasteiger partial charge in [-0.3, -0.25) is 4.79 Å². The zero-order chi connectivity index (χ0) is 11.0. The number of aromatic nitrogens is 1. The third-order valence-corrected chi connectivity index (χ3v) is 3.32. The van der Waals surface area contributed by atoms with Crippen LogP contribution in [0.3, 0.4) is 0 Å². The third kappa shape index (κ3) is 1.61. The van der Waals surface area contributed by atoms with Crippen LogP contribution in [0.1, 0.15) is 41.1 Å². The van der Waals surface area contributed by atoms with Crippen LogP contribution >= 0.6 is 0 Å². The first-order chi connectivity index (χ1) is 7.15. The summed E-state index contributed by atoms with van der Waals surface area (Å²) in [5, 5.41) is 0. The zero-order valence-electron chi connectivity index (χ0n) is 9.49. The van der Waals surface area contributed by atoms with E-state index in [-0.39, 0.29) is 6.10 Å². The minimum absolute atomic E-state index is 0.245. The smallest absolute Gasteiger partial charge is 0.151 e. The molecule has 0 spiro atoms. The number of ether oxygens (including phenoxy) is 1. The molecule has 0 amide bonds. The predicted octanol–water partition coefficient (Wildman–Crippen LogP) is 2.27. The van der Waals surface area contributed by atoms with Gasteiger partial charge in [-0.2, -0.15) is 0 Å². The summed E-state index contributed by atoms with van der Waals surface area (Å²) < 4.78 is 7.80. The Morgan fingerprint density at radius 2 is 2.27 bits per heavy atom. The van der Waals surface area contributed by atoms with Gasteiger partial charge in [-0.1, -0.05) is 0 Å². The molecule has 0 N–H and O–H groups in total. The lowest BCUT2D eigenvalue weighted by atomic mass is 10.1. The molecule has 1 aromatic rings. The van der Waals surface area contributed by atoms with Crippen molar-refractivity contribution in [2.75, 3.05) is 6.61 Å². The second kappa shape index (κ2) is 3.81. The standard InChI is InChI=1S/C12H17NO2/c1-8-6-11(7-14)9(2)13(8)12-4-5-15-10(12)3/h6-7,10,12H,4-5H2,1-3H3. The van der Waals surface area contributed by atoms with Crippen LogP contribution in [0.2, 0.25) is 0 Å². The number of hydrogen-bond donors (Lipinski definition) is 0. The summed E-state index contributed by atoms with van der Waals surface area (Å²) in [6.07, 6.45) is 2.21. The van der Waals surface area contributed by atoms with Gasteiger partial charge in [0.25, 0.3) is 0 Å². The van der Waals surface area contributed by atoms with E-state index in [4.69, 9.17) is 4.74 Å². The van der Waals surface area contributed by atoms with Crippen LogP contribution in [0.15, 0.2) is 6.07 Å². The fraction of sp³-hybridized carbons (Fsp3) is 0.583. The highest BCUT2D eigenvalue weighted by Crippen LogP contribution is 2.30. The van der Waals surface area contributed by atoms with E-state index in [1.807, 2.05) is 19.9 Å². The second-order valence-corrected chi connectivity index (χ2v) is 4.25. The highest BCUT2D eigenvalue weighted by atomic mass is 16.5. The fourth-order valence-electron chi connectivity index (χ4n) is 2.49. The molecule has 2 atom stereocenters. The lowest BCUT2D eigenvalue weighted by molar-refractivity contribution is 0.106. The number of nitrogens with zero attached hydrogens (tertiary/aromatic N) is 1. The van der Waals surface area contributed by atoms with Gasteiger partial charge in [0, 0.05) is 23.6 Å². The van der Waals surface area contributed by atoms with Crippen LogP contribution in [-0.4, -0.2) is 23.6 Å². The maximum atomic E-state index is 10.8. The summed E-state index contributed by atoms with van der Waals surface area (Å²) in [6, 6.07) is 2.34. The highest BCUT2D eigenvalue weighted by molar-refractivity contribution is 5.77. The van der Waals surface area contributed by atoms with Crippen molar-refractivity contribution in [2.45, 2.75) is 39.3 Å². The van der Waals surface area contributed by atoms with Gasteiger partial charge in [0.15, 0.2) is 6.29 Å². The van der Waals surface area contributed by atoms with Gasteiger partial charge in [0.2, 0.25) is 0 Å². The van der Waals surface area contributed by atoms with Crippen molar-refractivity contribution in [3.8, 4) is 0 Å². The Bertz CT molecular complexity index is 381. The Morgan fingerprint density at radius 3 is 2.73 bits per heavy atom. The number of rotatable bonds is 2. The minimum Gasteiger partial charge on any atom is -0.376 e. The first-order valence-corrected chi connectivity index (χ1v) is 5.40. The first-order valence-electron chi connectivity index (χ1n) is 5.40. The number of carbonyl (C=O) groups is 1. The molecule has 0 aliphatic carbocycles. The third-order valence-electron chi connectivity index (χ3n) is 3.32. The van der Waals surface area contributed by atoms with Crippen LogP contribution < -0.4 is 0 Å². The Labute approximate surface area is 90.0 Å². The fourth-order valence-corrected chi connectivity index (χ4v) is 2.49.